The van der Waals surface area contributed by atoms with E-state index in [1.54, 1.807) is 18.2 Å². The number of fused-ring (bicyclic) bond motifs is 1. The Morgan fingerprint density at radius 2 is 2.26 bits per heavy atom. The van der Waals surface area contributed by atoms with Gasteiger partial charge in [-0.2, -0.15) is 0 Å². The quantitative estimate of drug-likeness (QED) is 0.864. The fraction of sp³-hybridized carbons (Fsp3) is 0.375. The molecule has 0 atom stereocenters. The predicted octanol–water partition coefficient (Wildman–Crippen LogP) is 4.47. The number of carbonyl (C=O) groups is 1. The van der Waals surface area contributed by atoms with Crippen LogP contribution in [-0.4, -0.2) is 28.9 Å². The fourth-order valence-corrected chi connectivity index (χ4v) is 4.07. The maximum absolute atomic E-state index is 12.4. The lowest BCUT2D eigenvalue weighted by molar-refractivity contribution is 0.102. The van der Waals surface area contributed by atoms with Crippen LogP contribution in [0.1, 0.15) is 34.3 Å². The van der Waals surface area contributed by atoms with E-state index < -0.39 is 0 Å². The van der Waals surface area contributed by atoms with Gasteiger partial charge in [0.15, 0.2) is 5.13 Å². The lowest BCUT2D eigenvalue weighted by atomic mass is 10.2. The van der Waals surface area contributed by atoms with E-state index in [4.69, 9.17) is 23.2 Å². The average molecular weight is 370 g/mol. The number of hydrogen-bond acceptors (Lipinski definition) is 4. The first kappa shape index (κ1) is 16.7. The minimum Gasteiger partial charge on any atom is -0.298 e. The van der Waals surface area contributed by atoms with Crippen molar-refractivity contribution in [3.8, 4) is 0 Å². The molecule has 1 aliphatic rings. The highest BCUT2D eigenvalue weighted by molar-refractivity contribution is 7.15. The molecule has 1 aliphatic heterocycles. The molecule has 7 heteroatoms. The summed E-state index contributed by atoms with van der Waals surface area (Å²) in [6.07, 6.45) is 2.07. The smallest absolute Gasteiger partial charge is 0.259 e. The summed E-state index contributed by atoms with van der Waals surface area (Å²) in [6, 6.07) is 4.84. The summed E-state index contributed by atoms with van der Waals surface area (Å²) in [5.41, 5.74) is 1.45. The molecule has 0 saturated carbocycles. The van der Waals surface area contributed by atoms with E-state index in [1.807, 2.05) is 0 Å². The van der Waals surface area contributed by atoms with Crippen LogP contribution in [0.4, 0.5) is 5.13 Å². The summed E-state index contributed by atoms with van der Waals surface area (Å²) >= 11 is 13.5. The van der Waals surface area contributed by atoms with Crippen LogP contribution in [0, 0.1) is 0 Å². The first-order valence-corrected chi connectivity index (χ1v) is 9.11. The van der Waals surface area contributed by atoms with Crippen LogP contribution in [0.25, 0.3) is 0 Å². The van der Waals surface area contributed by atoms with Gasteiger partial charge in [-0.3, -0.25) is 15.0 Å². The Morgan fingerprint density at radius 1 is 1.43 bits per heavy atom. The predicted molar refractivity (Wildman–Crippen MR) is 95.8 cm³/mol. The zero-order valence-corrected chi connectivity index (χ0v) is 15.1. The highest BCUT2D eigenvalue weighted by Crippen LogP contribution is 2.29. The normalized spacial score (nSPS) is 14.6. The summed E-state index contributed by atoms with van der Waals surface area (Å²) in [5, 5.41) is 4.31. The van der Waals surface area contributed by atoms with E-state index in [2.05, 4.69) is 22.1 Å². The number of carbonyl (C=O) groups excluding carboxylic acids is 1. The summed E-state index contributed by atoms with van der Waals surface area (Å²) < 4.78 is 0. The van der Waals surface area contributed by atoms with E-state index >= 15 is 0 Å². The molecule has 0 spiro atoms. The molecule has 122 valence electrons. The van der Waals surface area contributed by atoms with Crippen molar-refractivity contribution >= 4 is 45.6 Å². The third kappa shape index (κ3) is 3.86. The van der Waals surface area contributed by atoms with Gasteiger partial charge in [-0.1, -0.05) is 30.1 Å². The van der Waals surface area contributed by atoms with Gasteiger partial charge in [-0.25, -0.2) is 4.98 Å². The van der Waals surface area contributed by atoms with Crippen LogP contribution in [0.15, 0.2) is 18.2 Å². The summed E-state index contributed by atoms with van der Waals surface area (Å²) in [5.74, 6) is -0.283. The van der Waals surface area contributed by atoms with E-state index in [0.29, 0.717) is 20.7 Å². The van der Waals surface area contributed by atoms with Crippen molar-refractivity contribution in [3.63, 3.8) is 0 Å². The maximum atomic E-state index is 12.4. The van der Waals surface area contributed by atoms with Crippen LogP contribution in [0.5, 0.6) is 0 Å². The number of benzene rings is 1. The van der Waals surface area contributed by atoms with Gasteiger partial charge in [-0.15, -0.1) is 11.3 Å². The zero-order valence-electron chi connectivity index (χ0n) is 12.7. The molecule has 0 fully saturated rings. The number of thiazole rings is 1. The Labute approximate surface area is 149 Å². The van der Waals surface area contributed by atoms with Crippen molar-refractivity contribution in [2.24, 2.45) is 0 Å². The lowest BCUT2D eigenvalue weighted by Gasteiger charge is -2.24. The van der Waals surface area contributed by atoms with Crippen molar-refractivity contribution in [2.75, 3.05) is 18.4 Å². The molecule has 1 N–H and O–H groups in total. The highest BCUT2D eigenvalue weighted by Gasteiger charge is 2.21. The SMILES string of the molecule is CCCN1CCc2nc(NC(=O)c3cc(Cl)ccc3Cl)sc2C1. The van der Waals surface area contributed by atoms with Gasteiger partial charge in [0.1, 0.15) is 0 Å². The Hall–Kier alpha value is -1.14. The van der Waals surface area contributed by atoms with Gasteiger partial charge < -0.3 is 0 Å². The van der Waals surface area contributed by atoms with Gasteiger partial charge in [-0.05, 0) is 31.2 Å². The molecule has 0 radical (unpaired) electrons. The Morgan fingerprint density at radius 3 is 3.04 bits per heavy atom. The molecule has 3 rings (SSSR count). The van der Waals surface area contributed by atoms with E-state index in [-0.39, 0.29) is 5.91 Å². The molecule has 1 amide bonds. The third-order valence-corrected chi connectivity index (χ3v) is 5.31. The van der Waals surface area contributed by atoms with Crippen LogP contribution < -0.4 is 5.32 Å². The van der Waals surface area contributed by atoms with Crippen molar-refractivity contribution in [1.29, 1.82) is 0 Å². The maximum Gasteiger partial charge on any atom is 0.259 e. The molecule has 4 nitrogen and oxygen atoms in total. The van der Waals surface area contributed by atoms with E-state index in [1.165, 1.54) is 16.2 Å². The van der Waals surface area contributed by atoms with E-state index in [0.717, 1.165) is 38.2 Å². The minimum atomic E-state index is -0.283. The number of aromatic nitrogens is 1. The number of nitrogens with zero attached hydrogens (tertiary/aromatic N) is 2. The molecule has 0 saturated heterocycles. The Balaban J connectivity index is 1.74. The molecule has 2 heterocycles. The molecular weight excluding hydrogens is 353 g/mol. The second-order valence-electron chi connectivity index (χ2n) is 5.49. The monoisotopic (exact) mass is 369 g/mol. The Bertz CT molecular complexity index is 732. The largest absolute Gasteiger partial charge is 0.298 e. The first-order chi connectivity index (χ1) is 11.1. The van der Waals surface area contributed by atoms with Crippen molar-refractivity contribution in [1.82, 2.24) is 9.88 Å². The number of rotatable bonds is 4. The molecule has 0 unspecified atom stereocenters. The van der Waals surface area contributed by atoms with Gasteiger partial charge >= 0.3 is 0 Å². The van der Waals surface area contributed by atoms with Crippen LogP contribution in [0.2, 0.25) is 10.0 Å². The number of hydrogen-bond donors (Lipinski definition) is 1. The fourth-order valence-electron chi connectivity index (χ4n) is 2.64. The van der Waals surface area contributed by atoms with Crippen LogP contribution >= 0.6 is 34.5 Å². The standard InChI is InChI=1S/C16H17Cl2N3OS/c1-2-6-21-7-5-13-14(9-21)23-16(19-13)20-15(22)11-8-10(17)3-4-12(11)18/h3-4,8H,2,5-7,9H2,1H3,(H,19,20,22). The highest BCUT2D eigenvalue weighted by atomic mass is 35.5. The van der Waals surface area contributed by atoms with Gasteiger partial charge in [0.2, 0.25) is 0 Å². The minimum absolute atomic E-state index is 0.283. The van der Waals surface area contributed by atoms with Gasteiger partial charge in [0, 0.05) is 29.4 Å². The topological polar surface area (TPSA) is 45.2 Å². The number of amides is 1. The first-order valence-electron chi connectivity index (χ1n) is 7.54. The second kappa shape index (κ2) is 7.18. The van der Waals surface area contributed by atoms with Gasteiger partial charge in [0.05, 0.1) is 16.3 Å². The zero-order chi connectivity index (χ0) is 16.4. The molecule has 1 aromatic carbocycles. The number of anilines is 1. The molecule has 1 aromatic heterocycles. The van der Waals surface area contributed by atoms with Crippen molar-refractivity contribution < 1.29 is 4.79 Å². The molecule has 23 heavy (non-hydrogen) atoms. The number of nitrogens with one attached hydrogen (secondary N) is 1. The molecule has 0 bridgehead atoms. The molecule has 2 aromatic rings. The lowest BCUT2D eigenvalue weighted by Crippen LogP contribution is -2.30. The average Bonchev–Trinajstić information content (AvgIpc) is 2.91. The Kier molecular flexibility index (Phi) is 5.21. The van der Waals surface area contributed by atoms with E-state index in [9.17, 15) is 4.79 Å². The van der Waals surface area contributed by atoms with Crippen LogP contribution in [0.3, 0.4) is 0 Å². The summed E-state index contributed by atoms with van der Waals surface area (Å²) in [7, 11) is 0. The third-order valence-electron chi connectivity index (χ3n) is 3.74. The summed E-state index contributed by atoms with van der Waals surface area (Å²) in [6.45, 7) is 5.21. The van der Waals surface area contributed by atoms with Crippen molar-refractivity contribution in [3.05, 3.63) is 44.4 Å². The van der Waals surface area contributed by atoms with Crippen LogP contribution in [-0.2, 0) is 13.0 Å². The molecule has 0 aliphatic carbocycles. The number of halogens is 2. The molecular formula is C16H17Cl2N3OS. The van der Waals surface area contributed by atoms with Crippen molar-refractivity contribution in [2.45, 2.75) is 26.3 Å². The second-order valence-corrected chi connectivity index (χ2v) is 7.42. The summed E-state index contributed by atoms with van der Waals surface area (Å²) in [4.78, 5) is 20.6. The van der Waals surface area contributed by atoms with Gasteiger partial charge in [0.25, 0.3) is 5.91 Å².